The molecule has 0 radical (unpaired) electrons. The van der Waals surface area contributed by atoms with Gasteiger partial charge in [-0.1, -0.05) is 11.6 Å². The fourth-order valence-electron chi connectivity index (χ4n) is 1.68. The molecule has 1 N–H and O–H groups in total. The van der Waals surface area contributed by atoms with Gasteiger partial charge >= 0.3 is 0 Å². The molecule has 0 aliphatic rings. The lowest BCUT2D eigenvalue weighted by molar-refractivity contribution is -0.384. The number of nitrogens with one attached hydrogen (secondary N) is 1. The number of rotatable bonds is 6. The van der Waals surface area contributed by atoms with Gasteiger partial charge in [-0.05, 0) is 31.2 Å². The molecule has 7 heteroatoms. The van der Waals surface area contributed by atoms with E-state index in [1.165, 1.54) is 12.1 Å². The minimum Gasteiger partial charge on any atom is -0.487 e. The molecule has 2 rings (SSSR count). The lowest BCUT2D eigenvalue weighted by Crippen LogP contribution is -2.04. The highest BCUT2D eigenvalue weighted by atomic mass is 35.5. The highest BCUT2D eigenvalue weighted by Gasteiger charge is 2.07. The monoisotopic (exact) mass is 307 g/mol. The molecule has 2 aromatic rings. The standard InChI is InChI=1S/C14H14ClN3O3/c1-2-16-14-8-7-12(15)13(17-14)9-21-11-5-3-10(4-6-11)18(19)20/h3-8H,2,9H2,1H3,(H,16,17). The zero-order chi connectivity index (χ0) is 15.2. The molecule has 0 aliphatic heterocycles. The summed E-state index contributed by atoms with van der Waals surface area (Å²) in [5.74, 6) is 1.25. The summed E-state index contributed by atoms with van der Waals surface area (Å²) in [6, 6.07) is 9.40. The molecule has 0 atom stereocenters. The van der Waals surface area contributed by atoms with E-state index in [4.69, 9.17) is 16.3 Å². The fraction of sp³-hybridized carbons (Fsp3) is 0.214. The quantitative estimate of drug-likeness (QED) is 0.651. The number of nitrogens with zero attached hydrogens (tertiary/aromatic N) is 2. The van der Waals surface area contributed by atoms with E-state index in [1.54, 1.807) is 24.3 Å². The van der Waals surface area contributed by atoms with Gasteiger partial charge in [-0.3, -0.25) is 10.1 Å². The first kappa shape index (κ1) is 15.1. The van der Waals surface area contributed by atoms with E-state index in [2.05, 4.69) is 10.3 Å². The van der Waals surface area contributed by atoms with Gasteiger partial charge in [0.05, 0.1) is 15.6 Å². The van der Waals surface area contributed by atoms with Crippen LogP contribution in [-0.4, -0.2) is 16.5 Å². The van der Waals surface area contributed by atoms with Crippen molar-refractivity contribution in [2.24, 2.45) is 0 Å². The van der Waals surface area contributed by atoms with E-state index in [-0.39, 0.29) is 12.3 Å². The Bertz CT molecular complexity index is 632. The second kappa shape index (κ2) is 6.90. The van der Waals surface area contributed by atoms with Crippen molar-refractivity contribution in [3.63, 3.8) is 0 Å². The third-order valence-electron chi connectivity index (χ3n) is 2.70. The molecular formula is C14H14ClN3O3. The van der Waals surface area contributed by atoms with Gasteiger partial charge in [0.25, 0.3) is 5.69 Å². The number of anilines is 1. The molecule has 0 saturated heterocycles. The van der Waals surface area contributed by atoms with E-state index in [0.717, 1.165) is 12.4 Å². The van der Waals surface area contributed by atoms with Gasteiger partial charge in [0.2, 0.25) is 0 Å². The summed E-state index contributed by atoms with van der Waals surface area (Å²) in [5.41, 5.74) is 0.626. The van der Waals surface area contributed by atoms with Crippen LogP contribution in [0.2, 0.25) is 5.02 Å². The van der Waals surface area contributed by atoms with Gasteiger partial charge in [-0.15, -0.1) is 0 Å². The summed E-state index contributed by atoms with van der Waals surface area (Å²) in [4.78, 5) is 14.5. The third-order valence-corrected chi connectivity index (χ3v) is 3.04. The van der Waals surface area contributed by atoms with Crippen LogP contribution in [0.4, 0.5) is 11.5 Å². The van der Waals surface area contributed by atoms with E-state index in [0.29, 0.717) is 16.5 Å². The van der Waals surface area contributed by atoms with Crippen LogP contribution in [0.25, 0.3) is 0 Å². The van der Waals surface area contributed by atoms with Crippen LogP contribution in [0.1, 0.15) is 12.6 Å². The molecule has 0 saturated carbocycles. The first-order chi connectivity index (χ1) is 10.1. The van der Waals surface area contributed by atoms with E-state index in [9.17, 15) is 10.1 Å². The topological polar surface area (TPSA) is 77.3 Å². The largest absolute Gasteiger partial charge is 0.487 e. The third kappa shape index (κ3) is 4.06. The highest BCUT2D eigenvalue weighted by molar-refractivity contribution is 6.31. The number of benzene rings is 1. The van der Waals surface area contributed by atoms with Crippen LogP contribution >= 0.6 is 11.6 Å². The molecule has 0 fully saturated rings. The average molecular weight is 308 g/mol. The Balaban J connectivity index is 2.05. The Morgan fingerprint density at radius 3 is 2.62 bits per heavy atom. The molecule has 110 valence electrons. The molecule has 21 heavy (non-hydrogen) atoms. The van der Waals surface area contributed by atoms with Crippen molar-refractivity contribution < 1.29 is 9.66 Å². The molecule has 0 bridgehead atoms. The van der Waals surface area contributed by atoms with Crippen LogP contribution in [-0.2, 0) is 6.61 Å². The van der Waals surface area contributed by atoms with Crippen LogP contribution in [0, 0.1) is 10.1 Å². The zero-order valence-electron chi connectivity index (χ0n) is 11.4. The predicted molar refractivity (Wildman–Crippen MR) is 80.8 cm³/mol. The Hall–Kier alpha value is -2.34. The normalized spacial score (nSPS) is 10.2. The summed E-state index contributed by atoms with van der Waals surface area (Å²) in [5, 5.41) is 14.2. The van der Waals surface area contributed by atoms with Crippen molar-refractivity contribution in [3.8, 4) is 5.75 Å². The van der Waals surface area contributed by atoms with Crippen molar-refractivity contribution in [2.75, 3.05) is 11.9 Å². The highest BCUT2D eigenvalue weighted by Crippen LogP contribution is 2.21. The summed E-state index contributed by atoms with van der Waals surface area (Å²) >= 11 is 6.07. The van der Waals surface area contributed by atoms with Crippen molar-refractivity contribution in [1.29, 1.82) is 0 Å². The first-order valence-corrected chi connectivity index (χ1v) is 6.74. The number of nitro benzene ring substituents is 1. The predicted octanol–water partition coefficient (Wildman–Crippen LogP) is 3.65. The number of non-ortho nitro benzene ring substituents is 1. The lowest BCUT2D eigenvalue weighted by atomic mass is 10.3. The minimum absolute atomic E-state index is 0.0210. The Morgan fingerprint density at radius 2 is 2.00 bits per heavy atom. The SMILES string of the molecule is CCNc1ccc(Cl)c(COc2ccc([N+](=O)[O-])cc2)n1. The van der Waals surface area contributed by atoms with Gasteiger partial charge in [0, 0.05) is 18.7 Å². The summed E-state index contributed by atoms with van der Waals surface area (Å²) in [6.45, 7) is 2.93. The molecular weight excluding hydrogens is 294 g/mol. The van der Waals surface area contributed by atoms with Gasteiger partial charge in [0.15, 0.2) is 0 Å². The number of ether oxygens (including phenoxy) is 1. The van der Waals surface area contributed by atoms with Gasteiger partial charge in [-0.2, -0.15) is 0 Å². The van der Waals surface area contributed by atoms with Crippen molar-refractivity contribution in [1.82, 2.24) is 4.98 Å². The van der Waals surface area contributed by atoms with E-state index in [1.807, 2.05) is 6.92 Å². The summed E-state index contributed by atoms with van der Waals surface area (Å²) in [6.07, 6.45) is 0. The molecule has 0 aliphatic carbocycles. The molecule has 1 heterocycles. The van der Waals surface area contributed by atoms with E-state index >= 15 is 0 Å². The van der Waals surface area contributed by atoms with Crippen molar-refractivity contribution in [3.05, 3.63) is 57.2 Å². The van der Waals surface area contributed by atoms with Crippen LogP contribution < -0.4 is 10.1 Å². The number of halogens is 1. The van der Waals surface area contributed by atoms with Crippen LogP contribution in [0.5, 0.6) is 5.75 Å². The van der Waals surface area contributed by atoms with Crippen LogP contribution in [0.15, 0.2) is 36.4 Å². The first-order valence-electron chi connectivity index (χ1n) is 6.36. The maximum absolute atomic E-state index is 10.6. The molecule has 0 spiro atoms. The second-order valence-corrected chi connectivity index (χ2v) is 4.60. The minimum atomic E-state index is -0.456. The molecule has 1 aromatic heterocycles. The zero-order valence-corrected chi connectivity index (χ0v) is 12.1. The fourth-order valence-corrected chi connectivity index (χ4v) is 1.84. The molecule has 6 nitrogen and oxygen atoms in total. The van der Waals surface area contributed by atoms with Crippen LogP contribution in [0.3, 0.4) is 0 Å². The summed E-state index contributed by atoms with van der Waals surface area (Å²) < 4.78 is 5.54. The van der Waals surface area contributed by atoms with Crippen molar-refractivity contribution >= 4 is 23.1 Å². The molecule has 0 amide bonds. The number of pyridine rings is 1. The molecule has 0 unspecified atom stereocenters. The molecule has 1 aromatic carbocycles. The van der Waals surface area contributed by atoms with Gasteiger partial charge in [-0.25, -0.2) is 4.98 Å². The second-order valence-electron chi connectivity index (χ2n) is 4.20. The lowest BCUT2D eigenvalue weighted by Gasteiger charge is -2.09. The Labute approximate surface area is 126 Å². The smallest absolute Gasteiger partial charge is 0.269 e. The Morgan fingerprint density at radius 1 is 1.29 bits per heavy atom. The van der Waals surface area contributed by atoms with Gasteiger partial charge < -0.3 is 10.1 Å². The van der Waals surface area contributed by atoms with E-state index < -0.39 is 4.92 Å². The maximum Gasteiger partial charge on any atom is 0.269 e. The number of hydrogen-bond acceptors (Lipinski definition) is 5. The average Bonchev–Trinajstić information content (AvgIpc) is 2.48. The van der Waals surface area contributed by atoms with Crippen molar-refractivity contribution in [2.45, 2.75) is 13.5 Å². The Kier molecular flexibility index (Phi) is 4.94. The van der Waals surface area contributed by atoms with Gasteiger partial charge in [0.1, 0.15) is 18.2 Å². The number of hydrogen-bond donors (Lipinski definition) is 1. The summed E-state index contributed by atoms with van der Waals surface area (Å²) in [7, 11) is 0. The number of nitro groups is 1. The maximum atomic E-state index is 10.6. The number of aromatic nitrogens is 1.